The maximum atomic E-state index is 12.9. The van der Waals surface area contributed by atoms with Gasteiger partial charge in [-0.05, 0) is 36.4 Å². The second kappa shape index (κ2) is 6.09. The van der Waals surface area contributed by atoms with E-state index in [1.54, 1.807) is 12.1 Å². The maximum Gasteiger partial charge on any atom is 0.159 e. The van der Waals surface area contributed by atoms with Crippen LogP contribution in [0.1, 0.15) is 0 Å². The molecule has 0 bridgehead atoms. The predicted molar refractivity (Wildman–Crippen MR) is 85.9 cm³/mol. The molecular formula is C16H14FN5. The molecule has 0 aliphatic heterocycles. The molecule has 3 aromatic rings. The minimum absolute atomic E-state index is 0.298. The normalized spacial score (nSPS) is 10.2. The highest BCUT2D eigenvalue weighted by Gasteiger charge is 2.08. The summed E-state index contributed by atoms with van der Waals surface area (Å²) in [5.41, 5.74) is 8.04. The Balaban J connectivity index is 1.84. The van der Waals surface area contributed by atoms with Crippen LogP contribution in [-0.4, -0.2) is 9.97 Å². The van der Waals surface area contributed by atoms with Crippen molar-refractivity contribution in [3.63, 3.8) is 0 Å². The van der Waals surface area contributed by atoms with Crippen LogP contribution in [0.3, 0.4) is 0 Å². The first-order valence-electron chi connectivity index (χ1n) is 6.67. The lowest BCUT2D eigenvalue weighted by Gasteiger charge is -2.12. The van der Waals surface area contributed by atoms with E-state index in [0.29, 0.717) is 23.0 Å². The number of hydrogen-bond acceptors (Lipinski definition) is 5. The largest absolute Gasteiger partial charge is 0.393 e. The average molecular weight is 295 g/mol. The molecule has 22 heavy (non-hydrogen) atoms. The van der Waals surface area contributed by atoms with Crippen LogP contribution in [0.4, 0.5) is 33.1 Å². The van der Waals surface area contributed by atoms with Crippen LogP contribution in [0.15, 0.2) is 60.9 Å². The fourth-order valence-electron chi connectivity index (χ4n) is 1.92. The number of halogens is 1. The van der Waals surface area contributed by atoms with Gasteiger partial charge >= 0.3 is 0 Å². The Labute approximate surface area is 127 Å². The van der Waals surface area contributed by atoms with Gasteiger partial charge in [0.25, 0.3) is 0 Å². The van der Waals surface area contributed by atoms with E-state index in [-0.39, 0.29) is 5.82 Å². The molecule has 0 saturated heterocycles. The first-order valence-corrected chi connectivity index (χ1v) is 6.67. The Morgan fingerprint density at radius 3 is 1.91 bits per heavy atom. The van der Waals surface area contributed by atoms with Gasteiger partial charge < -0.3 is 16.4 Å². The van der Waals surface area contributed by atoms with E-state index in [9.17, 15) is 4.39 Å². The first kappa shape index (κ1) is 13.8. The van der Waals surface area contributed by atoms with E-state index in [2.05, 4.69) is 20.6 Å². The fourth-order valence-corrected chi connectivity index (χ4v) is 1.92. The summed E-state index contributed by atoms with van der Waals surface area (Å²) in [7, 11) is 0. The predicted octanol–water partition coefficient (Wildman–Crippen LogP) is 3.69. The Kier molecular flexibility index (Phi) is 3.82. The molecule has 0 aliphatic rings. The van der Waals surface area contributed by atoms with Crippen molar-refractivity contribution in [1.82, 2.24) is 9.97 Å². The summed E-state index contributed by atoms with van der Waals surface area (Å²) in [6, 6.07) is 15.5. The number of hydrogen-bond donors (Lipinski definition) is 3. The van der Waals surface area contributed by atoms with Gasteiger partial charge in [0.1, 0.15) is 17.8 Å². The molecule has 110 valence electrons. The zero-order valence-electron chi connectivity index (χ0n) is 11.6. The monoisotopic (exact) mass is 295 g/mol. The van der Waals surface area contributed by atoms with E-state index < -0.39 is 0 Å². The lowest BCUT2D eigenvalue weighted by molar-refractivity contribution is 0.628. The van der Waals surface area contributed by atoms with E-state index in [1.807, 2.05) is 30.3 Å². The summed E-state index contributed by atoms with van der Waals surface area (Å²) in [6.45, 7) is 0. The Hall–Kier alpha value is -3.15. The molecular weight excluding hydrogens is 281 g/mol. The summed E-state index contributed by atoms with van der Waals surface area (Å²) >= 11 is 0. The maximum absolute atomic E-state index is 12.9. The van der Waals surface area contributed by atoms with Crippen molar-refractivity contribution >= 4 is 28.7 Å². The van der Waals surface area contributed by atoms with Crippen LogP contribution >= 0.6 is 0 Å². The molecule has 6 heteroatoms. The van der Waals surface area contributed by atoms with Gasteiger partial charge in [0.05, 0.1) is 0 Å². The zero-order chi connectivity index (χ0) is 15.4. The highest BCUT2D eigenvalue weighted by Crippen LogP contribution is 2.27. The van der Waals surface area contributed by atoms with E-state index in [1.165, 1.54) is 18.5 Å². The van der Waals surface area contributed by atoms with Crippen molar-refractivity contribution in [2.24, 2.45) is 0 Å². The number of nitrogen functional groups attached to an aromatic ring is 1. The third kappa shape index (κ3) is 3.12. The van der Waals surface area contributed by atoms with Crippen molar-refractivity contribution in [1.29, 1.82) is 0 Å². The minimum atomic E-state index is -0.298. The molecule has 0 spiro atoms. The second-order valence-corrected chi connectivity index (χ2v) is 4.61. The van der Waals surface area contributed by atoms with Gasteiger partial charge in [-0.25, -0.2) is 14.4 Å². The Morgan fingerprint density at radius 1 is 0.773 bits per heavy atom. The molecule has 0 amide bonds. The van der Waals surface area contributed by atoms with Crippen LogP contribution in [0.25, 0.3) is 0 Å². The number of rotatable bonds is 4. The summed E-state index contributed by atoms with van der Waals surface area (Å²) in [5.74, 6) is 0.665. The van der Waals surface area contributed by atoms with Gasteiger partial charge in [0.2, 0.25) is 0 Å². The number of nitrogens with zero attached hydrogens (tertiary/aromatic N) is 2. The molecule has 4 N–H and O–H groups in total. The summed E-state index contributed by atoms with van der Waals surface area (Å²) in [4.78, 5) is 8.26. The van der Waals surface area contributed by atoms with Gasteiger partial charge in [-0.2, -0.15) is 0 Å². The van der Waals surface area contributed by atoms with E-state index in [0.717, 1.165) is 5.69 Å². The third-order valence-electron chi connectivity index (χ3n) is 3.03. The number of anilines is 5. The lowest BCUT2D eigenvalue weighted by atomic mass is 10.3. The van der Waals surface area contributed by atoms with Crippen molar-refractivity contribution < 1.29 is 4.39 Å². The van der Waals surface area contributed by atoms with Gasteiger partial charge in [0, 0.05) is 11.4 Å². The van der Waals surface area contributed by atoms with Crippen molar-refractivity contribution in [3.05, 3.63) is 66.7 Å². The molecule has 3 rings (SSSR count). The van der Waals surface area contributed by atoms with E-state index >= 15 is 0 Å². The smallest absolute Gasteiger partial charge is 0.159 e. The van der Waals surface area contributed by atoms with Crippen molar-refractivity contribution in [2.45, 2.75) is 0 Å². The molecule has 0 saturated carbocycles. The van der Waals surface area contributed by atoms with E-state index in [4.69, 9.17) is 5.73 Å². The Morgan fingerprint density at radius 2 is 1.32 bits per heavy atom. The molecule has 0 unspecified atom stereocenters. The highest BCUT2D eigenvalue weighted by molar-refractivity contribution is 5.80. The average Bonchev–Trinajstić information content (AvgIpc) is 2.54. The molecule has 0 radical (unpaired) electrons. The number of benzene rings is 2. The molecule has 5 nitrogen and oxygen atoms in total. The molecule has 2 aromatic carbocycles. The molecule has 1 heterocycles. The first-order chi connectivity index (χ1) is 10.7. The fraction of sp³-hybridized carbons (Fsp3) is 0. The molecule has 1 aromatic heterocycles. The number of nitrogens with one attached hydrogen (secondary N) is 2. The second-order valence-electron chi connectivity index (χ2n) is 4.61. The quantitative estimate of drug-likeness (QED) is 0.684. The van der Waals surface area contributed by atoms with Crippen LogP contribution in [0.5, 0.6) is 0 Å². The van der Waals surface area contributed by atoms with Crippen molar-refractivity contribution in [3.8, 4) is 0 Å². The third-order valence-corrected chi connectivity index (χ3v) is 3.03. The van der Waals surface area contributed by atoms with Gasteiger partial charge in [0.15, 0.2) is 11.6 Å². The lowest BCUT2D eigenvalue weighted by Crippen LogP contribution is -2.05. The van der Waals surface area contributed by atoms with Crippen LogP contribution in [0, 0.1) is 5.82 Å². The number of aromatic nitrogens is 2. The number of para-hydroxylation sites is 1. The molecule has 0 fully saturated rings. The topological polar surface area (TPSA) is 75.9 Å². The van der Waals surface area contributed by atoms with Crippen molar-refractivity contribution in [2.75, 3.05) is 16.4 Å². The van der Waals surface area contributed by atoms with Gasteiger partial charge in [-0.3, -0.25) is 0 Å². The Bertz CT molecular complexity index is 759. The standard InChI is InChI=1S/C16H14FN5/c17-11-6-8-13(9-7-11)22-16-14(18)15(19-10-20-16)21-12-4-2-1-3-5-12/h1-10H,18H2,(H2,19,20,21,22). The number of nitrogens with two attached hydrogens (primary N) is 1. The van der Waals surface area contributed by atoms with Crippen LogP contribution in [0.2, 0.25) is 0 Å². The van der Waals surface area contributed by atoms with Crippen LogP contribution < -0.4 is 16.4 Å². The zero-order valence-corrected chi connectivity index (χ0v) is 11.6. The molecule has 0 atom stereocenters. The minimum Gasteiger partial charge on any atom is -0.393 e. The summed E-state index contributed by atoms with van der Waals surface area (Å²) < 4.78 is 12.9. The summed E-state index contributed by atoms with van der Waals surface area (Å²) in [5, 5.41) is 6.17. The van der Waals surface area contributed by atoms with Gasteiger partial charge in [-0.15, -0.1) is 0 Å². The van der Waals surface area contributed by atoms with Gasteiger partial charge in [-0.1, -0.05) is 18.2 Å². The highest BCUT2D eigenvalue weighted by atomic mass is 19.1. The van der Waals surface area contributed by atoms with Crippen LogP contribution in [-0.2, 0) is 0 Å². The SMILES string of the molecule is Nc1c(Nc2ccccc2)ncnc1Nc1ccc(F)cc1. The molecule has 0 aliphatic carbocycles. The summed E-state index contributed by atoms with van der Waals surface area (Å²) in [6.07, 6.45) is 1.41.